The summed E-state index contributed by atoms with van der Waals surface area (Å²) in [6.07, 6.45) is 3.49. The average Bonchev–Trinajstić information content (AvgIpc) is 2.61. The number of carbonyl (C=O) groups is 2. The lowest BCUT2D eigenvalue weighted by molar-refractivity contribution is -0.130. The van der Waals surface area contributed by atoms with E-state index in [2.05, 4.69) is 6.92 Å². The number of nitrogens with zero attached hydrogens (tertiary/aromatic N) is 1. The van der Waals surface area contributed by atoms with E-state index in [4.69, 9.17) is 23.2 Å². The van der Waals surface area contributed by atoms with Crippen molar-refractivity contribution in [2.24, 2.45) is 5.92 Å². The van der Waals surface area contributed by atoms with Crippen molar-refractivity contribution < 1.29 is 9.59 Å². The van der Waals surface area contributed by atoms with Crippen molar-refractivity contribution in [3.05, 3.63) is 33.8 Å². The first kappa shape index (κ1) is 16.3. The Morgan fingerprint density at radius 3 is 2.76 bits per heavy atom. The number of rotatable bonds is 4. The van der Waals surface area contributed by atoms with E-state index in [1.54, 1.807) is 23.1 Å². The normalized spacial score (nSPS) is 19.5. The van der Waals surface area contributed by atoms with Gasteiger partial charge in [-0.1, -0.05) is 36.5 Å². The lowest BCUT2D eigenvalue weighted by Crippen LogP contribution is -2.35. The highest BCUT2D eigenvalue weighted by Crippen LogP contribution is 2.24. The number of halogens is 2. The smallest absolute Gasteiger partial charge is 0.222 e. The van der Waals surface area contributed by atoms with Crippen LogP contribution in [-0.4, -0.2) is 29.7 Å². The molecule has 1 unspecified atom stereocenters. The first-order valence-corrected chi connectivity index (χ1v) is 8.03. The van der Waals surface area contributed by atoms with Gasteiger partial charge in [0.2, 0.25) is 5.91 Å². The minimum Gasteiger partial charge on any atom is -0.335 e. The van der Waals surface area contributed by atoms with Gasteiger partial charge in [0, 0.05) is 23.6 Å². The molecule has 1 saturated heterocycles. The molecule has 114 valence electrons. The summed E-state index contributed by atoms with van der Waals surface area (Å²) in [5.74, 6) is 0.498. The highest BCUT2D eigenvalue weighted by molar-refractivity contribution is 6.36. The van der Waals surface area contributed by atoms with Crippen molar-refractivity contribution in [2.75, 3.05) is 13.1 Å². The monoisotopic (exact) mass is 327 g/mol. The molecule has 21 heavy (non-hydrogen) atoms. The third kappa shape index (κ3) is 4.21. The molecule has 1 heterocycles. The van der Waals surface area contributed by atoms with Crippen LogP contribution in [0.25, 0.3) is 0 Å². The van der Waals surface area contributed by atoms with E-state index in [-0.39, 0.29) is 18.2 Å². The van der Waals surface area contributed by atoms with E-state index < -0.39 is 0 Å². The Kier molecular flexibility index (Phi) is 5.65. The Hall–Kier alpha value is -1.06. The minimum absolute atomic E-state index is 0.0596. The molecule has 0 aromatic heterocycles. The van der Waals surface area contributed by atoms with Crippen LogP contribution < -0.4 is 0 Å². The summed E-state index contributed by atoms with van der Waals surface area (Å²) in [7, 11) is 0. The molecule has 1 aliphatic rings. The molecule has 1 aromatic carbocycles. The zero-order chi connectivity index (χ0) is 15.4. The number of benzene rings is 1. The van der Waals surface area contributed by atoms with Gasteiger partial charge >= 0.3 is 0 Å². The van der Waals surface area contributed by atoms with Gasteiger partial charge in [-0.3, -0.25) is 9.59 Å². The molecule has 0 radical (unpaired) electrons. The Balaban J connectivity index is 2.06. The molecule has 0 N–H and O–H groups in total. The summed E-state index contributed by atoms with van der Waals surface area (Å²) in [5.41, 5.74) is 0.421. The van der Waals surface area contributed by atoms with Crippen molar-refractivity contribution in [2.45, 2.75) is 32.6 Å². The number of likely N-dealkylation sites (tertiary alicyclic amines) is 1. The SMILES string of the molecule is CCC1CCC(=O)N(CC(=O)c2ccc(Cl)cc2Cl)CC1. The van der Waals surface area contributed by atoms with E-state index >= 15 is 0 Å². The van der Waals surface area contributed by atoms with Crippen LogP contribution >= 0.6 is 23.2 Å². The fraction of sp³-hybridized carbons (Fsp3) is 0.500. The predicted molar refractivity (Wildman–Crippen MR) is 85.0 cm³/mol. The number of Topliss-reactive ketones (excluding diaryl/α,β-unsaturated/α-hetero) is 1. The molecule has 5 heteroatoms. The Morgan fingerprint density at radius 2 is 2.10 bits per heavy atom. The van der Waals surface area contributed by atoms with Crippen molar-refractivity contribution in [3.63, 3.8) is 0 Å². The quantitative estimate of drug-likeness (QED) is 0.776. The maximum Gasteiger partial charge on any atom is 0.222 e. The van der Waals surface area contributed by atoms with Gasteiger partial charge in [-0.25, -0.2) is 0 Å². The third-order valence-corrected chi connectivity index (χ3v) is 4.62. The molecule has 0 saturated carbocycles. The van der Waals surface area contributed by atoms with Gasteiger partial charge in [-0.15, -0.1) is 0 Å². The summed E-state index contributed by atoms with van der Waals surface area (Å²) in [6, 6.07) is 4.80. The molecule has 1 atom stereocenters. The van der Waals surface area contributed by atoms with Crippen LogP contribution in [0.3, 0.4) is 0 Å². The van der Waals surface area contributed by atoms with E-state index in [0.717, 1.165) is 19.3 Å². The van der Waals surface area contributed by atoms with Crippen LogP contribution in [0.4, 0.5) is 0 Å². The largest absolute Gasteiger partial charge is 0.335 e. The van der Waals surface area contributed by atoms with Gasteiger partial charge in [0.1, 0.15) is 0 Å². The van der Waals surface area contributed by atoms with Gasteiger partial charge in [0.25, 0.3) is 0 Å². The molecular weight excluding hydrogens is 309 g/mol. The fourth-order valence-electron chi connectivity index (χ4n) is 2.64. The summed E-state index contributed by atoms with van der Waals surface area (Å²) < 4.78 is 0. The number of carbonyl (C=O) groups excluding carboxylic acids is 2. The van der Waals surface area contributed by atoms with Crippen molar-refractivity contribution >= 4 is 34.9 Å². The number of hydrogen-bond acceptors (Lipinski definition) is 2. The Morgan fingerprint density at radius 1 is 1.33 bits per heavy atom. The van der Waals surface area contributed by atoms with Crippen LogP contribution in [0.2, 0.25) is 10.0 Å². The first-order valence-electron chi connectivity index (χ1n) is 7.27. The van der Waals surface area contributed by atoms with Gasteiger partial charge in [0.15, 0.2) is 5.78 Å². The summed E-state index contributed by atoms with van der Waals surface area (Å²) >= 11 is 11.9. The second kappa shape index (κ2) is 7.28. The molecular formula is C16H19Cl2NO2. The summed E-state index contributed by atoms with van der Waals surface area (Å²) in [5, 5.41) is 0.828. The molecule has 1 aliphatic heterocycles. The van der Waals surface area contributed by atoms with Crippen LogP contribution in [0.1, 0.15) is 43.0 Å². The van der Waals surface area contributed by atoms with Gasteiger partial charge in [-0.2, -0.15) is 0 Å². The number of hydrogen-bond donors (Lipinski definition) is 0. The molecule has 1 fully saturated rings. The standard InChI is InChI=1S/C16H19Cl2NO2/c1-2-11-3-6-16(21)19(8-7-11)10-15(20)13-5-4-12(17)9-14(13)18/h4-5,9,11H,2-3,6-8,10H2,1H3. The minimum atomic E-state index is -0.139. The second-order valence-electron chi connectivity index (χ2n) is 5.46. The Labute approximate surface area is 135 Å². The highest BCUT2D eigenvalue weighted by Gasteiger charge is 2.24. The number of ketones is 1. The molecule has 0 spiro atoms. The zero-order valence-corrected chi connectivity index (χ0v) is 13.6. The van der Waals surface area contributed by atoms with Crippen molar-refractivity contribution in [1.82, 2.24) is 4.90 Å². The van der Waals surface area contributed by atoms with Gasteiger partial charge in [0.05, 0.1) is 11.6 Å². The number of amides is 1. The second-order valence-corrected chi connectivity index (χ2v) is 6.31. The molecule has 1 amide bonds. The van der Waals surface area contributed by atoms with Crippen LogP contribution in [0.5, 0.6) is 0 Å². The average molecular weight is 328 g/mol. The highest BCUT2D eigenvalue weighted by atomic mass is 35.5. The summed E-state index contributed by atoms with van der Waals surface area (Å²) in [6.45, 7) is 2.88. The van der Waals surface area contributed by atoms with E-state index in [0.29, 0.717) is 34.5 Å². The molecule has 0 aliphatic carbocycles. The molecule has 2 rings (SSSR count). The lowest BCUT2D eigenvalue weighted by Gasteiger charge is -2.20. The third-order valence-electron chi connectivity index (χ3n) is 4.07. The van der Waals surface area contributed by atoms with Crippen molar-refractivity contribution in [1.29, 1.82) is 0 Å². The fourth-order valence-corrected chi connectivity index (χ4v) is 3.16. The lowest BCUT2D eigenvalue weighted by atomic mass is 9.98. The van der Waals surface area contributed by atoms with Crippen LogP contribution in [0, 0.1) is 5.92 Å². The Bertz CT molecular complexity index is 545. The van der Waals surface area contributed by atoms with E-state index in [9.17, 15) is 9.59 Å². The van der Waals surface area contributed by atoms with Crippen molar-refractivity contribution in [3.8, 4) is 0 Å². The topological polar surface area (TPSA) is 37.4 Å². The zero-order valence-electron chi connectivity index (χ0n) is 12.1. The van der Waals surface area contributed by atoms with E-state index in [1.807, 2.05) is 0 Å². The molecule has 1 aromatic rings. The predicted octanol–water partition coefficient (Wildman–Crippen LogP) is 4.21. The maximum atomic E-state index is 12.3. The molecule has 0 bridgehead atoms. The maximum absolute atomic E-state index is 12.3. The summed E-state index contributed by atoms with van der Waals surface area (Å²) in [4.78, 5) is 26.1. The first-order chi connectivity index (χ1) is 10.0. The van der Waals surface area contributed by atoms with Gasteiger partial charge < -0.3 is 4.90 Å². The molecule has 3 nitrogen and oxygen atoms in total. The van der Waals surface area contributed by atoms with Gasteiger partial charge in [-0.05, 0) is 37.0 Å². The van der Waals surface area contributed by atoms with E-state index in [1.165, 1.54) is 0 Å². The van der Waals surface area contributed by atoms with Crippen LogP contribution in [0.15, 0.2) is 18.2 Å². The van der Waals surface area contributed by atoms with Crippen LogP contribution in [-0.2, 0) is 4.79 Å².